The number of aryl methyl sites for hydroxylation is 1. The fourth-order valence-electron chi connectivity index (χ4n) is 3.56. The number of carbonyl (C=O) groups excluding carboxylic acids is 1. The number of hydrogen-bond donors (Lipinski definition) is 1. The lowest BCUT2D eigenvalue weighted by Gasteiger charge is -2.36. The lowest BCUT2D eigenvalue weighted by molar-refractivity contribution is -0.117. The Hall–Kier alpha value is -2.75. The number of ketones is 1. The van der Waals surface area contributed by atoms with Crippen LogP contribution in [0.1, 0.15) is 52.0 Å². The second-order valence-electron chi connectivity index (χ2n) is 8.60. The molecule has 1 aliphatic carbocycles. The quantitative estimate of drug-likeness (QED) is 0.410. The first-order chi connectivity index (χ1) is 13.9. The summed E-state index contributed by atoms with van der Waals surface area (Å²) in [4.78, 5) is 12.3. The maximum absolute atomic E-state index is 12.3. The highest BCUT2D eigenvalue weighted by atomic mass is 16.1. The van der Waals surface area contributed by atoms with Crippen molar-refractivity contribution in [1.82, 2.24) is 0 Å². The van der Waals surface area contributed by atoms with Gasteiger partial charge in [-0.15, -0.1) is 0 Å². The van der Waals surface area contributed by atoms with Crippen molar-refractivity contribution in [3.63, 3.8) is 0 Å². The molecule has 0 aliphatic heterocycles. The average Bonchev–Trinajstić information content (AvgIpc) is 2.73. The van der Waals surface area contributed by atoms with Crippen LogP contribution in [0.15, 0.2) is 70.5 Å². The SMILES string of the molecule is CCC(C)(C)[C@H]1CCC(=O)/C(=C/Nc2ccc(N=Nc3ccc(C)cc3)cc2)C1. The summed E-state index contributed by atoms with van der Waals surface area (Å²) in [6, 6.07) is 15.7. The summed E-state index contributed by atoms with van der Waals surface area (Å²) in [7, 11) is 0. The molecule has 1 atom stereocenters. The molecule has 1 saturated carbocycles. The summed E-state index contributed by atoms with van der Waals surface area (Å²) in [5.74, 6) is 0.826. The van der Waals surface area contributed by atoms with Crippen LogP contribution in [-0.2, 0) is 4.79 Å². The van der Waals surface area contributed by atoms with E-state index in [1.54, 1.807) is 0 Å². The zero-order valence-electron chi connectivity index (χ0n) is 17.9. The van der Waals surface area contributed by atoms with Crippen LogP contribution in [0.5, 0.6) is 0 Å². The average molecular weight is 390 g/mol. The smallest absolute Gasteiger partial charge is 0.160 e. The molecule has 29 heavy (non-hydrogen) atoms. The molecular weight excluding hydrogens is 358 g/mol. The van der Waals surface area contributed by atoms with Crippen LogP contribution in [-0.4, -0.2) is 5.78 Å². The van der Waals surface area contributed by atoms with Crippen molar-refractivity contribution < 1.29 is 4.79 Å². The minimum Gasteiger partial charge on any atom is -0.361 e. The highest BCUT2D eigenvalue weighted by Crippen LogP contribution is 2.41. The Morgan fingerprint density at radius 1 is 1.03 bits per heavy atom. The second-order valence-corrected chi connectivity index (χ2v) is 8.60. The predicted molar refractivity (Wildman–Crippen MR) is 120 cm³/mol. The molecule has 0 spiro atoms. The molecule has 152 valence electrons. The fourth-order valence-corrected chi connectivity index (χ4v) is 3.56. The van der Waals surface area contributed by atoms with Crippen molar-refractivity contribution in [3.05, 3.63) is 65.9 Å². The van der Waals surface area contributed by atoms with E-state index in [4.69, 9.17) is 0 Å². The first kappa shape index (κ1) is 21.0. The monoisotopic (exact) mass is 389 g/mol. The third-order valence-electron chi connectivity index (χ3n) is 6.16. The number of nitrogens with one attached hydrogen (secondary N) is 1. The molecule has 0 radical (unpaired) electrons. The summed E-state index contributed by atoms with van der Waals surface area (Å²) in [6.45, 7) is 8.90. The molecule has 1 fully saturated rings. The van der Waals surface area contributed by atoms with E-state index in [-0.39, 0.29) is 11.2 Å². The van der Waals surface area contributed by atoms with E-state index in [1.807, 2.05) is 61.7 Å². The minimum atomic E-state index is 0.268. The van der Waals surface area contributed by atoms with Crippen LogP contribution >= 0.6 is 0 Å². The Kier molecular flexibility index (Phi) is 6.63. The summed E-state index contributed by atoms with van der Waals surface area (Å²) in [5, 5.41) is 11.8. The molecule has 2 aromatic rings. The topological polar surface area (TPSA) is 53.8 Å². The Balaban J connectivity index is 1.63. The first-order valence-corrected chi connectivity index (χ1v) is 10.4. The highest BCUT2D eigenvalue weighted by molar-refractivity contribution is 5.96. The van der Waals surface area contributed by atoms with Gasteiger partial charge in [0.25, 0.3) is 0 Å². The van der Waals surface area contributed by atoms with E-state index in [0.29, 0.717) is 12.3 Å². The summed E-state index contributed by atoms with van der Waals surface area (Å²) in [6.07, 6.45) is 5.53. The van der Waals surface area contributed by atoms with Crippen LogP contribution in [0.2, 0.25) is 0 Å². The van der Waals surface area contributed by atoms with Gasteiger partial charge in [0, 0.05) is 23.9 Å². The molecular formula is C25H31N3O. The number of nitrogens with zero attached hydrogens (tertiary/aromatic N) is 2. The van der Waals surface area contributed by atoms with Crippen molar-refractivity contribution >= 4 is 22.8 Å². The maximum Gasteiger partial charge on any atom is 0.160 e. The van der Waals surface area contributed by atoms with Gasteiger partial charge in [-0.2, -0.15) is 10.2 Å². The van der Waals surface area contributed by atoms with E-state index in [1.165, 1.54) is 5.56 Å². The van der Waals surface area contributed by atoms with Crippen LogP contribution < -0.4 is 5.32 Å². The molecule has 4 nitrogen and oxygen atoms in total. The van der Waals surface area contributed by atoms with Gasteiger partial charge in [0.1, 0.15) is 0 Å². The van der Waals surface area contributed by atoms with Gasteiger partial charge in [0.2, 0.25) is 0 Å². The zero-order valence-corrected chi connectivity index (χ0v) is 17.9. The molecule has 0 aromatic heterocycles. The summed E-state index contributed by atoms with van der Waals surface area (Å²) < 4.78 is 0. The lowest BCUT2D eigenvalue weighted by atomic mass is 9.68. The van der Waals surface area contributed by atoms with Crippen molar-refractivity contribution in [2.75, 3.05) is 5.32 Å². The Morgan fingerprint density at radius 2 is 1.62 bits per heavy atom. The fraction of sp³-hybridized carbons (Fsp3) is 0.400. The van der Waals surface area contributed by atoms with Gasteiger partial charge in [0.05, 0.1) is 11.4 Å². The number of anilines is 1. The number of azo groups is 1. The maximum atomic E-state index is 12.3. The van der Waals surface area contributed by atoms with Crippen LogP contribution in [0.4, 0.5) is 17.1 Å². The molecule has 0 heterocycles. The third-order valence-corrected chi connectivity index (χ3v) is 6.16. The Labute approximate surface area is 174 Å². The van der Waals surface area contributed by atoms with Crippen molar-refractivity contribution in [3.8, 4) is 0 Å². The van der Waals surface area contributed by atoms with E-state index in [9.17, 15) is 4.79 Å². The van der Waals surface area contributed by atoms with Gasteiger partial charge < -0.3 is 5.32 Å². The standard InChI is InChI=1S/C25H31N3O/c1-5-25(3,4)20-8-15-24(29)19(16-20)17-26-21-11-13-23(14-12-21)28-27-22-9-6-18(2)7-10-22/h6-7,9-14,17,20,26H,5,8,15-16H2,1-4H3/b19-17+,28-27?/t20-/m0/s1. The van der Waals surface area contributed by atoms with Crippen molar-refractivity contribution in [1.29, 1.82) is 0 Å². The van der Waals surface area contributed by atoms with Gasteiger partial charge in [0.15, 0.2) is 5.78 Å². The summed E-state index contributed by atoms with van der Waals surface area (Å²) >= 11 is 0. The van der Waals surface area contributed by atoms with Crippen LogP contribution in [0.3, 0.4) is 0 Å². The van der Waals surface area contributed by atoms with Crippen LogP contribution in [0.25, 0.3) is 0 Å². The van der Waals surface area contributed by atoms with E-state index in [2.05, 4.69) is 36.3 Å². The number of allylic oxidation sites excluding steroid dienone is 1. The van der Waals surface area contributed by atoms with Gasteiger partial charge in [-0.1, -0.05) is 44.9 Å². The molecule has 0 bridgehead atoms. The molecule has 4 heteroatoms. The normalized spacial score (nSPS) is 19.1. The first-order valence-electron chi connectivity index (χ1n) is 10.4. The molecule has 0 amide bonds. The van der Waals surface area contributed by atoms with Gasteiger partial charge in [-0.25, -0.2) is 0 Å². The van der Waals surface area contributed by atoms with Gasteiger partial charge in [-0.3, -0.25) is 4.79 Å². The van der Waals surface area contributed by atoms with Crippen LogP contribution in [0, 0.1) is 18.3 Å². The summed E-state index contributed by atoms with van der Waals surface area (Å²) in [5.41, 5.74) is 4.95. The van der Waals surface area contributed by atoms with E-state index >= 15 is 0 Å². The van der Waals surface area contributed by atoms with Gasteiger partial charge in [-0.05, 0) is 67.5 Å². The van der Waals surface area contributed by atoms with E-state index < -0.39 is 0 Å². The molecule has 2 aromatic carbocycles. The Morgan fingerprint density at radius 3 is 2.21 bits per heavy atom. The predicted octanol–water partition coefficient (Wildman–Crippen LogP) is 7.51. The highest BCUT2D eigenvalue weighted by Gasteiger charge is 2.33. The molecule has 0 unspecified atom stereocenters. The second kappa shape index (κ2) is 9.17. The largest absolute Gasteiger partial charge is 0.361 e. The number of carbonyl (C=O) groups is 1. The van der Waals surface area contributed by atoms with Crippen molar-refractivity contribution in [2.45, 2.75) is 53.4 Å². The minimum absolute atomic E-state index is 0.268. The number of hydrogen-bond acceptors (Lipinski definition) is 4. The zero-order chi connectivity index (χ0) is 20.9. The van der Waals surface area contributed by atoms with E-state index in [0.717, 1.165) is 41.9 Å². The number of rotatable bonds is 6. The molecule has 1 aliphatic rings. The number of Topliss-reactive ketones (excluding diaryl/α,β-unsaturated/α-hetero) is 1. The number of benzene rings is 2. The molecule has 0 saturated heterocycles. The third kappa shape index (κ3) is 5.63. The molecule has 3 rings (SSSR count). The van der Waals surface area contributed by atoms with Crippen molar-refractivity contribution in [2.24, 2.45) is 21.6 Å². The molecule has 1 N–H and O–H groups in total. The Bertz CT molecular complexity index is 893. The lowest BCUT2D eigenvalue weighted by Crippen LogP contribution is -2.29. The van der Waals surface area contributed by atoms with Gasteiger partial charge >= 0.3 is 0 Å².